The van der Waals surface area contributed by atoms with Crippen molar-refractivity contribution in [2.45, 2.75) is 0 Å². The molecule has 1 aliphatic heterocycles. The molecule has 0 aromatic carbocycles. The molecule has 16 heavy (non-hydrogen) atoms. The molecule has 0 spiro atoms. The van der Waals surface area contributed by atoms with Crippen LogP contribution >= 0.6 is 0 Å². The molecule has 3 amide bonds. The zero-order valence-electron chi connectivity index (χ0n) is 8.89. The van der Waals surface area contributed by atoms with Gasteiger partial charge in [-0.15, -0.1) is 0 Å². The quantitative estimate of drug-likeness (QED) is 0.409. The van der Waals surface area contributed by atoms with E-state index in [1.54, 1.807) is 13.1 Å². The van der Waals surface area contributed by atoms with E-state index in [0.717, 1.165) is 0 Å². The minimum Gasteiger partial charge on any atom is -0.342 e. The third kappa shape index (κ3) is 2.70. The lowest BCUT2D eigenvalue weighted by atomic mass is 10.3. The number of nitrogens with zero attached hydrogens (tertiary/aromatic N) is 3. The summed E-state index contributed by atoms with van der Waals surface area (Å²) in [5, 5.41) is 10.4. The molecule has 0 aliphatic carbocycles. The van der Waals surface area contributed by atoms with Gasteiger partial charge >= 0.3 is 11.8 Å². The summed E-state index contributed by atoms with van der Waals surface area (Å²) in [5.41, 5.74) is 0. The maximum Gasteiger partial charge on any atom is 0.312 e. The normalized spacial score (nSPS) is 15.6. The van der Waals surface area contributed by atoms with Gasteiger partial charge in [-0.2, -0.15) is 5.26 Å². The van der Waals surface area contributed by atoms with Crippen LogP contribution in [0.2, 0.25) is 0 Å². The minimum atomic E-state index is -0.848. The van der Waals surface area contributed by atoms with Crippen molar-refractivity contribution >= 4 is 17.7 Å². The van der Waals surface area contributed by atoms with Crippen molar-refractivity contribution in [3.63, 3.8) is 0 Å². The summed E-state index contributed by atoms with van der Waals surface area (Å²) in [6.07, 6.45) is 0. The Morgan fingerprint density at radius 3 is 2.75 bits per heavy atom. The Kier molecular flexibility index (Phi) is 3.83. The molecule has 0 radical (unpaired) electrons. The van der Waals surface area contributed by atoms with Crippen LogP contribution in [-0.2, 0) is 14.4 Å². The van der Waals surface area contributed by atoms with Gasteiger partial charge in [-0.05, 0) is 0 Å². The lowest BCUT2D eigenvalue weighted by molar-refractivity contribution is -0.150. The molecule has 1 fully saturated rings. The van der Waals surface area contributed by atoms with E-state index in [-0.39, 0.29) is 19.0 Å². The summed E-state index contributed by atoms with van der Waals surface area (Å²) in [4.78, 5) is 36.7. The van der Waals surface area contributed by atoms with Crippen LogP contribution in [0.5, 0.6) is 0 Å². The Bertz CT molecular complexity index is 360. The van der Waals surface area contributed by atoms with E-state index < -0.39 is 11.8 Å². The Balaban J connectivity index is 2.52. The average molecular weight is 224 g/mol. The molecule has 1 aliphatic rings. The van der Waals surface area contributed by atoms with Gasteiger partial charge in [0.25, 0.3) is 0 Å². The number of nitriles is 1. The lowest BCUT2D eigenvalue weighted by Crippen LogP contribution is -2.54. The van der Waals surface area contributed by atoms with Gasteiger partial charge in [-0.25, -0.2) is 0 Å². The maximum atomic E-state index is 11.5. The van der Waals surface area contributed by atoms with Crippen LogP contribution < -0.4 is 5.32 Å². The van der Waals surface area contributed by atoms with Gasteiger partial charge in [-0.1, -0.05) is 0 Å². The molecular weight excluding hydrogens is 212 g/mol. The van der Waals surface area contributed by atoms with Gasteiger partial charge in [0.2, 0.25) is 5.91 Å². The summed E-state index contributed by atoms with van der Waals surface area (Å²) in [7, 11) is 1.64. The molecule has 7 heteroatoms. The van der Waals surface area contributed by atoms with E-state index in [9.17, 15) is 14.4 Å². The number of carbonyl (C=O) groups excluding carboxylic acids is 3. The van der Waals surface area contributed by atoms with E-state index in [4.69, 9.17) is 5.26 Å². The van der Waals surface area contributed by atoms with Crippen molar-refractivity contribution in [2.75, 3.05) is 33.2 Å². The summed E-state index contributed by atoms with van der Waals surface area (Å²) in [5.74, 6) is -1.82. The van der Waals surface area contributed by atoms with Gasteiger partial charge < -0.3 is 15.1 Å². The molecule has 0 unspecified atom stereocenters. The van der Waals surface area contributed by atoms with Crippen LogP contribution in [0.25, 0.3) is 0 Å². The number of piperazine rings is 1. The number of likely N-dealkylation sites (N-methyl/N-ethyl adjacent to an activating group) is 1. The van der Waals surface area contributed by atoms with E-state index in [0.29, 0.717) is 13.1 Å². The van der Waals surface area contributed by atoms with Crippen molar-refractivity contribution < 1.29 is 14.4 Å². The summed E-state index contributed by atoms with van der Waals surface area (Å²) in [6, 6.07) is 1.69. The molecule has 0 aromatic heterocycles. The molecule has 1 N–H and O–H groups in total. The second kappa shape index (κ2) is 5.11. The molecule has 86 valence electrons. The van der Waals surface area contributed by atoms with Crippen LogP contribution in [-0.4, -0.2) is 60.7 Å². The molecule has 1 saturated heterocycles. The first-order chi connectivity index (χ1) is 7.56. The Morgan fingerprint density at radius 2 is 2.19 bits per heavy atom. The van der Waals surface area contributed by atoms with Crippen LogP contribution in [0.3, 0.4) is 0 Å². The molecule has 0 atom stereocenters. The number of hydrogen-bond acceptors (Lipinski definition) is 4. The van der Waals surface area contributed by atoms with Gasteiger partial charge in [0.05, 0.1) is 6.07 Å². The SMILES string of the molecule is CN1CCN(C(=O)C(=O)NCC#N)CC1=O. The Morgan fingerprint density at radius 1 is 1.50 bits per heavy atom. The van der Waals surface area contributed by atoms with E-state index in [2.05, 4.69) is 5.32 Å². The zero-order valence-corrected chi connectivity index (χ0v) is 8.89. The van der Waals surface area contributed by atoms with Crippen LogP contribution in [0.4, 0.5) is 0 Å². The number of carbonyl (C=O) groups is 3. The summed E-state index contributed by atoms with van der Waals surface area (Å²) in [6.45, 7) is 0.443. The highest BCUT2D eigenvalue weighted by Crippen LogP contribution is 2.01. The topological polar surface area (TPSA) is 93.5 Å². The van der Waals surface area contributed by atoms with Gasteiger partial charge in [-0.3, -0.25) is 14.4 Å². The van der Waals surface area contributed by atoms with Crippen molar-refractivity contribution in [3.8, 4) is 6.07 Å². The fourth-order valence-electron chi connectivity index (χ4n) is 1.27. The summed E-state index contributed by atoms with van der Waals surface area (Å²) >= 11 is 0. The largest absolute Gasteiger partial charge is 0.342 e. The fourth-order valence-corrected chi connectivity index (χ4v) is 1.27. The van der Waals surface area contributed by atoms with Crippen molar-refractivity contribution in [3.05, 3.63) is 0 Å². The van der Waals surface area contributed by atoms with Gasteiger partial charge in [0.1, 0.15) is 13.1 Å². The number of hydrogen-bond donors (Lipinski definition) is 1. The third-order valence-corrected chi connectivity index (χ3v) is 2.27. The standard InChI is InChI=1S/C9H12N4O3/c1-12-4-5-13(6-7(12)14)9(16)8(15)11-3-2-10/h3-6H2,1H3,(H,11,15). The first-order valence-corrected chi connectivity index (χ1v) is 4.74. The number of nitrogens with one attached hydrogen (secondary N) is 1. The van der Waals surface area contributed by atoms with Crippen LogP contribution in [0.1, 0.15) is 0 Å². The van der Waals surface area contributed by atoms with E-state index in [1.807, 2.05) is 0 Å². The van der Waals surface area contributed by atoms with E-state index >= 15 is 0 Å². The van der Waals surface area contributed by atoms with Crippen molar-refractivity contribution in [1.82, 2.24) is 15.1 Å². The Labute approximate surface area is 92.6 Å². The molecule has 7 nitrogen and oxygen atoms in total. The van der Waals surface area contributed by atoms with Crippen LogP contribution in [0.15, 0.2) is 0 Å². The molecular formula is C9H12N4O3. The monoisotopic (exact) mass is 224 g/mol. The predicted octanol–water partition coefficient (Wildman–Crippen LogP) is -2.07. The highest BCUT2D eigenvalue weighted by Gasteiger charge is 2.28. The second-order valence-electron chi connectivity index (χ2n) is 3.38. The molecule has 0 aromatic rings. The molecule has 0 saturated carbocycles. The Hall–Kier alpha value is -2.10. The summed E-state index contributed by atoms with van der Waals surface area (Å²) < 4.78 is 0. The first kappa shape index (κ1) is 12.0. The third-order valence-electron chi connectivity index (χ3n) is 2.27. The molecule has 1 rings (SSSR count). The van der Waals surface area contributed by atoms with Gasteiger partial charge in [0.15, 0.2) is 0 Å². The first-order valence-electron chi connectivity index (χ1n) is 4.74. The maximum absolute atomic E-state index is 11.5. The van der Waals surface area contributed by atoms with Gasteiger partial charge in [0, 0.05) is 20.1 Å². The molecule has 0 bridgehead atoms. The molecule has 1 heterocycles. The lowest BCUT2D eigenvalue weighted by Gasteiger charge is -2.31. The zero-order chi connectivity index (χ0) is 12.1. The van der Waals surface area contributed by atoms with Crippen LogP contribution in [0, 0.1) is 11.3 Å². The van der Waals surface area contributed by atoms with Crippen molar-refractivity contribution in [1.29, 1.82) is 5.26 Å². The average Bonchev–Trinajstić information content (AvgIpc) is 2.28. The smallest absolute Gasteiger partial charge is 0.312 e. The fraction of sp³-hybridized carbons (Fsp3) is 0.556. The highest BCUT2D eigenvalue weighted by molar-refractivity contribution is 6.35. The highest BCUT2D eigenvalue weighted by atomic mass is 16.2. The predicted molar refractivity (Wildman–Crippen MR) is 52.8 cm³/mol. The number of rotatable bonds is 1. The number of amides is 3. The minimum absolute atomic E-state index is 0.0880. The second-order valence-corrected chi connectivity index (χ2v) is 3.38. The van der Waals surface area contributed by atoms with Crippen molar-refractivity contribution in [2.24, 2.45) is 0 Å². The van der Waals surface area contributed by atoms with E-state index in [1.165, 1.54) is 9.80 Å².